The molecular weight excluding hydrogens is 236 g/mol. The van der Waals surface area contributed by atoms with Gasteiger partial charge in [-0.2, -0.15) is 5.10 Å². The van der Waals surface area contributed by atoms with E-state index in [0.717, 1.165) is 6.42 Å². The maximum Gasteiger partial charge on any atom is 0.256 e. The average molecular weight is 250 g/mol. The summed E-state index contributed by atoms with van der Waals surface area (Å²) in [6.45, 7) is 0.605. The number of anilines is 1. The fourth-order valence-electron chi connectivity index (χ4n) is 1.47. The van der Waals surface area contributed by atoms with Crippen LogP contribution < -0.4 is 11.1 Å². The molecule has 6 heteroatoms. The van der Waals surface area contributed by atoms with Crippen molar-refractivity contribution >= 4 is 23.1 Å². The second-order valence-electron chi connectivity index (χ2n) is 3.65. The van der Waals surface area contributed by atoms with E-state index in [4.69, 9.17) is 5.73 Å². The zero-order valence-corrected chi connectivity index (χ0v) is 10.3. The lowest BCUT2D eigenvalue weighted by molar-refractivity contribution is 0.0955. The standard InChI is InChI=1S/C11H14N4OS/c1-15-10(12)9(7-14-15)11(16)13-5-4-8-3-2-6-17-8/h2-3,6-7H,4-5,12H2,1H3,(H,13,16). The van der Waals surface area contributed by atoms with Gasteiger partial charge in [-0.3, -0.25) is 9.48 Å². The molecule has 0 aliphatic rings. The predicted octanol–water partition coefficient (Wildman–Crippen LogP) is 1.04. The smallest absolute Gasteiger partial charge is 0.256 e. The Balaban J connectivity index is 1.87. The number of nitrogen functional groups attached to an aromatic ring is 1. The van der Waals surface area contributed by atoms with Crippen molar-refractivity contribution in [3.63, 3.8) is 0 Å². The fourth-order valence-corrected chi connectivity index (χ4v) is 2.18. The van der Waals surface area contributed by atoms with E-state index < -0.39 is 0 Å². The molecule has 0 saturated heterocycles. The first-order chi connectivity index (χ1) is 8.18. The Morgan fingerprint density at radius 2 is 2.47 bits per heavy atom. The lowest BCUT2D eigenvalue weighted by Gasteiger charge is -2.03. The fraction of sp³-hybridized carbons (Fsp3) is 0.273. The van der Waals surface area contributed by atoms with Gasteiger partial charge in [-0.05, 0) is 17.9 Å². The molecule has 5 nitrogen and oxygen atoms in total. The zero-order chi connectivity index (χ0) is 12.3. The Labute approximate surface area is 103 Å². The lowest BCUT2D eigenvalue weighted by Crippen LogP contribution is -2.26. The summed E-state index contributed by atoms with van der Waals surface area (Å²) >= 11 is 1.69. The third kappa shape index (κ3) is 2.65. The van der Waals surface area contributed by atoms with Crippen LogP contribution >= 0.6 is 11.3 Å². The van der Waals surface area contributed by atoms with E-state index >= 15 is 0 Å². The monoisotopic (exact) mass is 250 g/mol. The molecule has 2 rings (SSSR count). The van der Waals surface area contributed by atoms with E-state index in [-0.39, 0.29) is 5.91 Å². The molecule has 0 spiro atoms. The average Bonchev–Trinajstić information content (AvgIpc) is 2.91. The summed E-state index contributed by atoms with van der Waals surface area (Å²) in [5.41, 5.74) is 6.14. The van der Waals surface area contributed by atoms with Gasteiger partial charge in [-0.25, -0.2) is 0 Å². The van der Waals surface area contributed by atoms with Gasteiger partial charge in [0.1, 0.15) is 11.4 Å². The Morgan fingerprint density at radius 1 is 1.65 bits per heavy atom. The van der Waals surface area contributed by atoms with Crippen LogP contribution in [0.5, 0.6) is 0 Å². The van der Waals surface area contributed by atoms with Crippen LogP contribution in [0.3, 0.4) is 0 Å². The minimum atomic E-state index is -0.174. The van der Waals surface area contributed by atoms with Crippen molar-refractivity contribution in [2.75, 3.05) is 12.3 Å². The van der Waals surface area contributed by atoms with E-state index in [9.17, 15) is 4.79 Å². The first-order valence-electron chi connectivity index (χ1n) is 5.26. The summed E-state index contributed by atoms with van der Waals surface area (Å²) in [7, 11) is 1.71. The van der Waals surface area contributed by atoms with Gasteiger partial charge in [0.25, 0.3) is 5.91 Å². The second-order valence-corrected chi connectivity index (χ2v) is 4.68. The molecule has 3 N–H and O–H groups in total. The number of hydrogen-bond donors (Lipinski definition) is 2. The van der Waals surface area contributed by atoms with Crippen LogP contribution in [0.15, 0.2) is 23.7 Å². The Hall–Kier alpha value is -1.82. The predicted molar refractivity (Wildman–Crippen MR) is 68.0 cm³/mol. The molecule has 0 saturated carbocycles. The van der Waals surface area contributed by atoms with Crippen LogP contribution in [0.2, 0.25) is 0 Å². The molecule has 0 aromatic carbocycles. The summed E-state index contributed by atoms with van der Waals surface area (Å²) < 4.78 is 1.48. The van der Waals surface area contributed by atoms with Gasteiger partial charge in [0.2, 0.25) is 0 Å². The summed E-state index contributed by atoms with van der Waals surface area (Å²) in [5.74, 6) is 0.214. The minimum Gasteiger partial charge on any atom is -0.383 e. The molecule has 2 heterocycles. The molecule has 0 radical (unpaired) electrons. The topological polar surface area (TPSA) is 72.9 Å². The van der Waals surface area contributed by atoms with Gasteiger partial charge in [-0.1, -0.05) is 6.07 Å². The molecule has 2 aromatic rings. The molecule has 0 fully saturated rings. The van der Waals surface area contributed by atoms with E-state index in [1.165, 1.54) is 15.8 Å². The van der Waals surface area contributed by atoms with Crippen LogP contribution in [0.4, 0.5) is 5.82 Å². The number of aryl methyl sites for hydroxylation is 1. The van der Waals surface area contributed by atoms with Crippen molar-refractivity contribution in [1.29, 1.82) is 0 Å². The number of hydrogen-bond acceptors (Lipinski definition) is 4. The SMILES string of the molecule is Cn1ncc(C(=O)NCCc2cccs2)c1N. The number of nitrogens with zero attached hydrogens (tertiary/aromatic N) is 2. The number of aromatic nitrogens is 2. The number of rotatable bonds is 4. The quantitative estimate of drug-likeness (QED) is 0.851. The highest BCUT2D eigenvalue weighted by atomic mass is 32.1. The molecule has 0 bridgehead atoms. The normalized spacial score (nSPS) is 10.4. The van der Waals surface area contributed by atoms with Crippen LogP contribution in [-0.2, 0) is 13.5 Å². The van der Waals surface area contributed by atoms with E-state index in [1.807, 2.05) is 11.4 Å². The van der Waals surface area contributed by atoms with Crippen LogP contribution in [0.25, 0.3) is 0 Å². The minimum absolute atomic E-state index is 0.174. The van der Waals surface area contributed by atoms with Gasteiger partial charge < -0.3 is 11.1 Å². The van der Waals surface area contributed by atoms with Crippen molar-refractivity contribution in [2.24, 2.45) is 7.05 Å². The Kier molecular flexibility index (Phi) is 3.43. The number of nitrogens with two attached hydrogens (primary N) is 1. The highest BCUT2D eigenvalue weighted by molar-refractivity contribution is 7.09. The Bertz CT molecular complexity index is 504. The number of carbonyl (C=O) groups excluding carboxylic acids is 1. The number of amides is 1. The summed E-state index contributed by atoms with van der Waals surface area (Å²) in [6, 6.07) is 4.05. The van der Waals surface area contributed by atoms with Crippen LogP contribution in [0.1, 0.15) is 15.2 Å². The Morgan fingerprint density at radius 3 is 3.06 bits per heavy atom. The van der Waals surface area contributed by atoms with Crippen molar-refractivity contribution in [2.45, 2.75) is 6.42 Å². The van der Waals surface area contributed by atoms with Gasteiger partial charge in [0.05, 0.1) is 6.20 Å². The molecule has 0 aliphatic heterocycles. The molecule has 2 aromatic heterocycles. The number of carbonyl (C=O) groups is 1. The van der Waals surface area contributed by atoms with Crippen molar-refractivity contribution in [3.8, 4) is 0 Å². The number of thiophene rings is 1. The van der Waals surface area contributed by atoms with Crippen molar-refractivity contribution < 1.29 is 4.79 Å². The third-order valence-corrected chi connectivity index (χ3v) is 3.40. The van der Waals surface area contributed by atoms with Crippen molar-refractivity contribution in [3.05, 3.63) is 34.2 Å². The van der Waals surface area contributed by atoms with Crippen molar-refractivity contribution in [1.82, 2.24) is 15.1 Å². The first-order valence-corrected chi connectivity index (χ1v) is 6.14. The van der Waals surface area contributed by atoms with Gasteiger partial charge >= 0.3 is 0 Å². The molecule has 0 atom stereocenters. The lowest BCUT2D eigenvalue weighted by atomic mass is 10.3. The maximum absolute atomic E-state index is 11.8. The van der Waals surface area contributed by atoms with E-state index in [2.05, 4.69) is 16.5 Å². The molecule has 0 aliphatic carbocycles. The van der Waals surface area contributed by atoms with Gasteiger partial charge in [0, 0.05) is 18.5 Å². The highest BCUT2D eigenvalue weighted by Gasteiger charge is 2.12. The van der Waals surface area contributed by atoms with Gasteiger partial charge in [0.15, 0.2) is 0 Å². The summed E-state index contributed by atoms with van der Waals surface area (Å²) in [6.07, 6.45) is 2.32. The van der Waals surface area contributed by atoms with E-state index in [1.54, 1.807) is 18.4 Å². The molecule has 1 amide bonds. The second kappa shape index (κ2) is 5.01. The molecule has 90 valence electrons. The summed E-state index contributed by atoms with van der Waals surface area (Å²) in [5, 5.41) is 8.78. The number of nitrogens with one attached hydrogen (secondary N) is 1. The summed E-state index contributed by atoms with van der Waals surface area (Å²) in [4.78, 5) is 13.0. The largest absolute Gasteiger partial charge is 0.383 e. The highest BCUT2D eigenvalue weighted by Crippen LogP contribution is 2.10. The molecular formula is C11H14N4OS. The first kappa shape index (κ1) is 11.7. The zero-order valence-electron chi connectivity index (χ0n) is 9.51. The van der Waals surface area contributed by atoms with Crippen LogP contribution in [-0.4, -0.2) is 22.2 Å². The van der Waals surface area contributed by atoms with E-state index in [0.29, 0.717) is 17.9 Å². The third-order valence-electron chi connectivity index (χ3n) is 2.47. The van der Waals surface area contributed by atoms with Crippen LogP contribution in [0, 0.1) is 0 Å². The van der Waals surface area contributed by atoms with Gasteiger partial charge in [-0.15, -0.1) is 11.3 Å². The molecule has 0 unspecified atom stereocenters. The maximum atomic E-state index is 11.8. The molecule has 17 heavy (non-hydrogen) atoms.